The molecule has 0 fully saturated rings. The van der Waals surface area contributed by atoms with E-state index in [1.165, 1.54) is 36.4 Å². The van der Waals surface area contributed by atoms with Crippen LogP contribution >= 0.6 is 0 Å². The molecule has 0 bridgehead atoms. The minimum Gasteiger partial charge on any atom is -0.207 e. The molecule has 0 amide bonds. The molecule has 3 aromatic carbocycles. The molecule has 4 rings (SSSR count). The Labute approximate surface area is 179 Å². The van der Waals surface area contributed by atoms with Crippen molar-refractivity contribution in [1.82, 2.24) is 0 Å². The second kappa shape index (κ2) is 8.98. The summed E-state index contributed by atoms with van der Waals surface area (Å²) >= 11 is 0. The molecule has 1 unspecified atom stereocenters. The van der Waals surface area contributed by atoms with E-state index in [1.807, 2.05) is 6.92 Å². The molecule has 0 heterocycles. The largest absolute Gasteiger partial charge is 0.207 e. The molecular formula is C27H22F4. The predicted molar refractivity (Wildman–Crippen MR) is 114 cm³/mol. The van der Waals surface area contributed by atoms with Crippen molar-refractivity contribution < 1.29 is 17.6 Å². The molecule has 0 radical (unpaired) electrons. The van der Waals surface area contributed by atoms with Crippen molar-refractivity contribution in [1.29, 1.82) is 0 Å². The van der Waals surface area contributed by atoms with Crippen LogP contribution in [0.3, 0.4) is 0 Å². The Morgan fingerprint density at radius 2 is 1.61 bits per heavy atom. The first-order valence-electron chi connectivity index (χ1n) is 10.5. The van der Waals surface area contributed by atoms with Gasteiger partial charge in [-0.1, -0.05) is 31.3 Å². The van der Waals surface area contributed by atoms with Crippen molar-refractivity contribution in [3.8, 4) is 11.8 Å². The van der Waals surface area contributed by atoms with Gasteiger partial charge < -0.3 is 0 Å². The lowest BCUT2D eigenvalue weighted by Crippen LogP contribution is -2.17. The summed E-state index contributed by atoms with van der Waals surface area (Å²) < 4.78 is 57.4. The summed E-state index contributed by atoms with van der Waals surface area (Å²) in [5, 5.41) is 0. The highest BCUT2D eigenvalue weighted by Crippen LogP contribution is 2.37. The first-order chi connectivity index (χ1) is 15.0. The molecule has 4 heteroatoms. The highest BCUT2D eigenvalue weighted by atomic mass is 19.1. The summed E-state index contributed by atoms with van der Waals surface area (Å²) in [6.07, 6.45) is 2.71. The van der Waals surface area contributed by atoms with E-state index in [1.54, 1.807) is 12.1 Å². The van der Waals surface area contributed by atoms with Crippen LogP contribution in [0.2, 0.25) is 0 Å². The van der Waals surface area contributed by atoms with Crippen LogP contribution < -0.4 is 0 Å². The second-order valence-electron chi connectivity index (χ2n) is 7.98. The Hall–Kier alpha value is -3.06. The summed E-state index contributed by atoms with van der Waals surface area (Å²) in [6, 6.07) is 11.9. The molecule has 0 saturated heterocycles. The lowest BCUT2D eigenvalue weighted by atomic mass is 9.79. The third-order valence-corrected chi connectivity index (χ3v) is 5.82. The summed E-state index contributed by atoms with van der Waals surface area (Å²) in [4.78, 5) is 0. The molecule has 1 atom stereocenters. The molecule has 0 saturated carbocycles. The molecule has 3 aromatic rings. The number of aryl methyl sites for hydroxylation is 1. The van der Waals surface area contributed by atoms with Gasteiger partial charge in [-0.3, -0.25) is 0 Å². The maximum Gasteiger partial charge on any atom is 0.142 e. The predicted octanol–water partition coefficient (Wildman–Crippen LogP) is 6.87. The van der Waals surface area contributed by atoms with Crippen LogP contribution in [-0.2, 0) is 19.3 Å². The van der Waals surface area contributed by atoms with Crippen LogP contribution in [0, 0.1) is 35.1 Å². The Bertz CT molecular complexity index is 1140. The van der Waals surface area contributed by atoms with Crippen molar-refractivity contribution in [2.45, 2.75) is 44.9 Å². The average molecular weight is 422 g/mol. The van der Waals surface area contributed by atoms with Crippen LogP contribution in [0.1, 0.15) is 59.1 Å². The molecule has 1 aliphatic carbocycles. The van der Waals surface area contributed by atoms with E-state index in [9.17, 15) is 13.2 Å². The standard InChI is InChI=1S/C27H22F4/c1-2-3-18-14-24(29)26(25(30)15-18)21-10-13-23-20(16-21)9-8-19(27(23)31)7-4-17-5-11-22(28)12-6-17/h5-6,8-9,11-12,14-15,21H,2-3,10,13,16H2,1H3. The van der Waals surface area contributed by atoms with E-state index in [0.717, 1.165) is 12.0 Å². The van der Waals surface area contributed by atoms with Gasteiger partial charge in [-0.15, -0.1) is 0 Å². The van der Waals surface area contributed by atoms with Gasteiger partial charge in [0.05, 0.1) is 5.56 Å². The second-order valence-corrected chi connectivity index (χ2v) is 7.98. The number of hydrogen-bond donors (Lipinski definition) is 0. The molecule has 0 aromatic heterocycles. The Kier molecular flexibility index (Phi) is 6.13. The Morgan fingerprint density at radius 3 is 2.29 bits per heavy atom. The Morgan fingerprint density at radius 1 is 0.903 bits per heavy atom. The van der Waals surface area contributed by atoms with E-state index in [-0.39, 0.29) is 28.7 Å². The van der Waals surface area contributed by atoms with Crippen molar-refractivity contribution in [2.24, 2.45) is 0 Å². The van der Waals surface area contributed by atoms with E-state index in [0.29, 0.717) is 42.4 Å². The molecule has 0 N–H and O–H groups in total. The fourth-order valence-corrected chi connectivity index (χ4v) is 4.28. The van der Waals surface area contributed by atoms with E-state index in [4.69, 9.17) is 0 Å². The summed E-state index contributed by atoms with van der Waals surface area (Å²) in [5.41, 5.74) is 2.95. The molecule has 31 heavy (non-hydrogen) atoms. The van der Waals surface area contributed by atoms with Crippen molar-refractivity contribution in [2.75, 3.05) is 0 Å². The van der Waals surface area contributed by atoms with E-state index < -0.39 is 11.6 Å². The SMILES string of the molecule is CCCc1cc(F)c(C2CCc3c(ccc(C#Cc4ccc(F)cc4)c3F)C2)c(F)c1. The van der Waals surface area contributed by atoms with Crippen LogP contribution in [-0.4, -0.2) is 0 Å². The zero-order chi connectivity index (χ0) is 22.0. The normalized spacial score (nSPS) is 15.2. The van der Waals surface area contributed by atoms with Gasteiger partial charge in [0.2, 0.25) is 0 Å². The third-order valence-electron chi connectivity index (χ3n) is 5.82. The minimum atomic E-state index is -0.515. The van der Waals surface area contributed by atoms with Gasteiger partial charge in [-0.2, -0.15) is 0 Å². The minimum absolute atomic E-state index is 0.103. The molecule has 0 spiro atoms. The summed E-state index contributed by atoms with van der Waals surface area (Å²) in [6.45, 7) is 1.97. The fraction of sp³-hybridized carbons (Fsp3) is 0.259. The highest BCUT2D eigenvalue weighted by Gasteiger charge is 2.28. The number of rotatable bonds is 3. The van der Waals surface area contributed by atoms with Crippen molar-refractivity contribution in [3.05, 3.63) is 105 Å². The maximum absolute atomic E-state index is 15.0. The first-order valence-corrected chi connectivity index (χ1v) is 10.5. The smallest absolute Gasteiger partial charge is 0.142 e. The maximum atomic E-state index is 15.0. The van der Waals surface area contributed by atoms with Crippen molar-refractivity contribution in [3.63, 3.8) is 0 Å². The van der Waals surface area contributed by atoms with Gasteiger partial charge in [0.25, 0.3) is 0 Å². The summed E-state index contributed by atoms with van der Waals surface area (Å²) in [5.74, 6) is 3.57. The highest BCUT2D eigenvalue weighted by molar-refractivity contribution is 5.48. The molecule has 0 aliphatic heterocycles. The third kappa shape index (κ3) is 4.51. The van der Waals surface area contributed by atoms with Gasteiger partial charge in [0.15, 0.2) is 0 Å². The average Bonchev–Trinajstić information content (AvgIpc) is 2.74. The van der Waals surface area contributed by atoms with Crippen LogP contribution in [0.15, 0.2) is 48.5 Å². The number of hydrogen-bond acceptors (Lipinski definition) is 0. The lowest BCUT2D eigenvalue weighted by Gasteiger charge is -2.26. The molecule has 158 valence electrons. The van der Waals surface area contributed by atoms with Crippen LogP contribution in [0.25, 0.3) is 0 Å². The quantitative estimate of drug-likeness (QED) is 0.319. The summed E-state index contributed by atoms with van der Waals surface area (Å²) in [7, 11) is 0. The van der Waals surface area contributed by atoms with Gasteiger partial charge in [-0.05, 0) is 90.8 Å². The zero-order valence-electron chi connectivity index (χ0n) is 17.2. The van der Waals surface area contributed by atoms with Gasteiger partial charge in [0.1, 0.15) is 23.3 Å². The topological polar surface area (TPSA) is 0 Å². The first kappa shape index (κ1) is 21.2. The molecule has 0 nitrogen and oxygen atoms in total. The van der Waals surface area contributed by atoms with E-state index >= 15 is 4.39 Å². The van der Waals surface area contributed by atoms with Crippen molar-refractivity contribution >= 4 is 0 Å². The number of halogens is 4. The Balaban J connectivity index is 1.59. The van der Waals surface area contributed by atoms with Gasteiger partial charge in [0, 0.05) is 11.1 Å². The number of benzene rings is 3. The monoisotopic (exact) mass is 422 g/mol. The molecular weight excluding hydrogens is 400 g/mol. The van der Waals surface area contributed by atoms with Gasteiger partial charge in [-0.25, -0.2) is 17.6 Å². The van der Waals surface area contributed by atoms with Crippen LogP contribution in [0.4, 0.5) is 17.6 Å². The fourth-order valence-electron chi connectivity index (χ4n) is 4.28. The van der Waals surface area contributed by atoms with Gasteiger partial charge >= 0.3 is 0 Å². The molecule has 1 aliphatic rings. The number of fused-ring (bicyclic) bond motifs is 1. The van der Waals surface area contributed by atoms with Crippen LogP contribution in [0.5, 0.6) is 0 Å². The lowest BCUT2D eigenvalue weighted by molar-refractivity contribution is 0.480. The zero-order valence-corrected chi connectivity index (χ0v) is 17.2. The van der Waals surface area contributed by atoms with E-state index in [2.05, 4.69) is 11.8 Å².